The molecular formula is C20H21F2NO2. The fourth-order valence-electron chi connectivity index (χ4n) is 2.43. The third-order valence-corrected chi connectivity index (χ3v) is 3.56. The summed E-state index contributed by atoms with van der Waals surface area (Å²) in [6.45, 7) is 0.223. The maximum absolute atomic E-state index is 12.5. The van der Waals surface area contributed by atoms with Crippen LogP contribution < -0.4 is 4.74 Å². The fraction of sp³-hybridized carbons (Fsp3) is 0.250. The summed E-state index contributed by atoms with van der Waals surface area (Å²) in [6, 6.07) is 16.1. The number of carbonyl (C=O) groups excluding carboxylic acids is 1. The van der Waals surface area contributed by atoms with Crippen molar-refractivity contribution in [3.05, 3.63) is 71.8 Å². The first-order valence-corrected chi connectivity index (χ1v) is 8.15. The SMILES string of the molecule is CCCN(Cc1ccccc1)C(=O)/C=C/c1ccccc1OC(F)F. The molecule has 0 unspecified atom stereocenters. The van der Waals surface area contributed by atoms with Gasteiger partial charge in [-0.25, -0.2) is 0 Å². The fourth-order valence-corrected chi connectivity index (χ4v) is 2.43. The van der Waals surface area contributed by atoms with Gasteiger partial charge in [-0.15, -0.1) is 0 Å². The van der Waals surface area contributed by atoms with Gasteiger partial charge in [0.15, 0.2) is 0 Å². The van der Waals surface area contributed by atoms with Gasteiger partial charge in [-0.1, -0.05) is 55.5 Å². The Morgan fingerprint density at radius 1 is 1.12 bits per heavy atom. The predicted molar refractivity (Wildman–Crippen MR) is 94.3 cm³/mol. The number of alkyl halides is 2. The molecule has 0 fully saturated rings. The van der Waals surface area contributed by atoms with Crippen LogP contribution in [0.15, 0.2) is 60.7 Å². The lowest BCUT2D eigenvalue weighted by atomic mass is 10.1. The largest absolute Gasteiger partial charge is 0.434 e. The molecule has 0 atom stereocenters. The van der Waals surface area contributed by atoms with Crippen molar-refractivity contribution < 1.29 is 18.3 Å². The average Bonchev–Trinajstić information content (AvgIpc) is 2.61. The van der Waals surface area contributed by atoms with Gasteiger partial charge in [-0.05, 0) is 24.1 Å². The molecule has 0 radical (unpaired) electrons. The third kappa shape index (κ3) is 6.03. The van der Waals surface area contributed by atoms with Gasteiger partial charge in [0.2, 0.25) is 5.91 Å². The highest BCUT2D eigenvalue weighted by Crippen LogP contribution is 2.21. The molecule has 0 saturated carbocycles. The Morgan fingerprint density at radius 2 is 1.80 bits per heavy atom. The van der Waals surface area contributed by atoms with Gasteiger partial charge in [-0.3, -0.25) is 4.79 Å². The van der Waals surface area contributed by atoms with Gasteiger partial charge in [0.05, 0.1) is 0 Å². The van der Waals surface area contributed by atoms with Gasteiger partial charge in [0, 0.05) is 24.7 Å². The van der Waals surface area contributed by atoms with E-state index < -0.39 is 6.61 Å². The first-order valence-electron chi connectivity index (χ1n) is 8.15. The molecule has 0 aliphatic rings. The minimum absolute atomic E-state index is 0.0478. The lowest BCUT2D eigenvalue weighted by molar-refractivity contribution is -0.126. The summed E-state index contributed by atoms with van der Waals surface area (Å²) >= 11 is 0. The third-order valence-electron chi connectivity index (χ3n) is 3.56. The molecule has 0 saturated heterocycles. The number of hydrogen-bond acceptors (Lipinski definition) is 2. The second kappa shape index (κ2) is 9.57. The first-order chi connectivity index (χ1) is 12.1. The normalized spacial score (nSPS) is 11.0. The maximum atomic E-state index is 12.5. The highest BCUT2D eigenvalue weighted by molar-refractivity contribution is 5.92. The molecular weight excluding hydrogens is 324 g/mol. The van der Waals surface area contributed by atoms with E-state index in [1.165, 1.54) is 18.2 Å². The summed E-state index contributed by atoms with van der Waals surface area (Å²) < 4.78 is 29.4. The number of hydrogen-bond donors (Lipinski definition) is 0. The van der Waals surface area contributed by atoms with Gasteiger partial charge in [0.1, 0.15) is 5.75 Å². The van der Waals surface area contributed by atoms with E-state index in [0.717, 1.165) is 12.0 Å². The first kappa shape index (κ1) is 18.6. The second-order valence-corrected chi connectivity index (χ2v) is 5.50. The number of nitrogens with zero attached hydrogens (tertiary/aromatic N) is 1. The molecule has 132 valence electrons. The summed E-state index contributed by atoms with van der Waals surface area (Å²) in [7, 11) is 0. The van der Waals surface area contributed by atoms with Crippen LogP contribution in [-0.4, -0.2) is 24.0 Å². The van der Waals surface area contributed by atoms with E-state index in [2.05, 4.69) is 4.74 Å². The van der Waals surface area contributed by atoms with Crippen LogP contribution in [0, 0.1) is 0 Å². The number of amides is 1. The highest BCUT2D eigenvalue weighted by atomic mass is 19.3. The van der Waals surface area contributed by atoms with Crippen molar-refractivity contribution in [2.24, 2.45) is 0 Å². The van der Waals surface area contributed by atoms with Crippen molar-refractivity contribution in [1.82, 2.24) is 4.90 Å². The Labute approximate surface area is 146 Å². The highest BCUT2D eigenvalue weighted by Gasteiger charge is 2.11. The van der Waals surface area contributed by atoms with Crippen LogP contribution in [0.1, 0.15) is 24.5 Å². The standard InChI is InChI=1S/C20H21F2NO2/c1-2-14-23(15-16-8-4-3-5-9-16)19(24)13-12-17-10-6-7-11-18(17)25-20(21)22/h3-13,20H,2,14-15H2,1H3/b13-12+. The maximum Gasteiger partial charge on any atom is 0.387 e. The molecule has 25 heavy (non-hydrogen) atoms. The average molecular weight is 345 g/mol. The Bertz CT molecular complexity index is 702. The minimum Gasteiger partial charge on any atom is -0.434 e. The Morgan fingerprint density at radius 3 is 2.48 bits per heavy atom. The van der Waals surface area contributed by atoms with Crippen molar-refractivity contribution in [1.29, 1.82) is 0 Å². The van der Waals surface area contributed by atoms with E-state index in [0.29, 0.717) is 18.7 Å². The van der Waals surface area contributed by atoms with Crippen molar-refractivity contribution in [2.45, 2.75) is 26.5 Å². The summed E-state index contributed by atoms with van der Waals surface area (Å²) in [4.78, 5) is 14.2. The van der Waals surface area contributed by atoms with Crippen molar-refractivity contribution in [2.75, 3.05) is 6.54 Å². The monoisotopic (exact) mass is 345 g/mol. The molecule has 0 aliphatic carbocycles. The molecule has 0 N–H and O–H groups in total. The summed E-state index contributed by atoms with van der Waals surface area (Å²) in [5, 5.41) is 0. The topological polar surface area (TPSA) is 29.5 Å². The van der Waals surface area contributed by atoms with Crippen LogP contribution in [0.2, 0.25) is 0 Å². The quantitative estimate of drug-likeness (QED) is 0.647. The summed E-state index contributed by atoms with van der Waals surface area (Å²) in [6.07, 6.45) is 3.73. The Balaban J connectivity index is 2.11. The molecule has 0 heterocycles. The smallest absolute Gasteiger partial charge is 0.387 e. The summed E-state index contributed by atoms with van der Waals surface area (Å²) in [5.74, 6) is -0.121. The Hall–Kier alpha value is -2.69. The molecule has 3 nitrogen and oxygen atoms in total. The van der Waals surface area contributed by atoms with E-state index in [1.54, 1.807) is 23.1 Å². The van der Waals surface area contributed by atoms with Crippen LogP contribution in [-0.2, 0) is 11.3 Å². The van der Waals surface area contributed by atoms with Crippen LogP contribution >= 0.6 is 0 Å². The molecule has 2 rings (SSSR count). The van der Waals surface area contributed by atoms with E-state index in [9.17, 15) is 13.6 Å². The zero-order chi connectivity index (χ0) is 18.1. The minimum atomic E-state index is -2.90. The van der Waals surface area contributed by atoms with Gasteiger partial charge in [0.25, 0.3) is 0 Å². The van der Waals surface area contributed by atoms with Gasteiger partial charge >= 0.3 is 6.61 Å². The molecule has 0 spiro atoms. The second-order valence-electron chi connectivity index (χ2n) is 5.50. The molecule has 2 aromatic carbocycles. The van der Waals surface area contributed by atoms with Gasteiger partial charge in [-0.2, -0.15) is 8.78 Å². The number of halogens is 2. The molecule has 0 bridgehead atoms. The number of carbonyl (C=O) groups is 1. The molecule has 2 aromatic rings. The van der Waals surface area contributed by atoms with Crippen LogP contribution in [0.25, 0.3) is 6.08 Å². The van der Waals surface area contributed by atoms with Crippen molar-refractivity contribution >= 4 is 12.0 Å². The zero-order valence-electron chi connectivity index (χ0n) is 14.1. The number of benzene rings is 2. The summed E-state index contributed by atoms with van der Waals surface area (Å²) in [5.41, 5.74) is 1.48. The van der Waals surface area contributed by atoms with Crippen molar-refractivity contribution in [3.63, 3.8) is 0 Å². The van der Waals surface area contributed by atoms with Gasteiger partial charge < -0.3 is 9.64 Å². The van der Waals surface area contributed by atoms with E-state index >= 15 is 0 Å². The number of para-hydroxylation sites is 1. The van der Waals surface area contributed by atoms with Crippen LogP contribution in [0.5, 0.6) is 5.75 Å². The Kier molecular flexibility index (Phi) is 7.14. The number of ether oxygens (including phenoxy) is 1. The lowest BCUT2D eigenvalue weighted by Crippen LogP contribution is -2.29. The molecule has 0 aliphatic heterocycles. The molecule has 1 amide bonds. The molecule has 0 aromatic heterocycles. The lowest BCUT2D eigenvalue weighted by Gasteiger charge is -2.20. The van der Waals surface area contributed by atoms with E-state index in [1.807, 2.05) is 37.3 Å². The van der Waals surface area contributed by atoms with Crippen LogP contribution in [0.3, 0.4) is 0 Å². The number of rotatable bonds is 8. The molecule has 5 heteroatoms. The van der Waals surface area contributed by atoms with E-state index in [-0.39, 0.29) is 11.7 Å². The van der Waals surface area contributed by atoms with Crippen molar-refractivity contribution in [3.8, 4) is 5.75 Å². The van der Waals surface area contributed by atoms with E-state index in [4.69, 9.17) is 0 Å². The predicted octanol–water partition coefficient (Wildman–Crippen LogP) is 4.74. The van der Waals surface area contributed by atoms with Crippen LogP contribution in [0.4, 0.5) is 8.78 Å². The zero-order valence-corrected chi connectivity index (χ0v) is 14.1.